The zero-order valence-corrected chi connectivity index (χ0v) is 11.6. The maximum atomic E-state index is 6.06. The van der Waals surface area contributed by atoms with E-state index in [1.54, 1.807) is 6.20 Å². The zero-order chi connectivity index (χ0) is 13.1. The van der Waals surface area contributed by atoms with Crippen LogP contribution in [0.5, 0.6) is 0 Å². The highest BCUT2D eigenvalue weighted by molar-refractivity contribution is 6.29. The zero-order valence-electron chi connectivity index (χ0n) is 10.8. The average molecular weight is 262 g/mol. The van der Waals surface area contributed by atoms with Crippen LogP contribution in [0.25, 0.3) is 11.5 Å². The van der Waals surface area contributed by atoms with Crippen molar-refractivity contribution in [3.8, 4) is 11.5 Å². The van der Waals surface area contributed by atoms with E-state index in [1.807, 2.05) is 25.1 Å². The molecule has 0 radical (unpaired) electrons. The molecule has 0 aromatic carbocycles. The van der Waals surface area contributed by atoms with Crippen LogP contribution in [0, 0.1) is 12.8 Å². The Morgan fingerprint density at radius 1 is 1.28 bits per heavy atom. The Kier molecular flexibility index (Phi) is 3.92. The topological polar surface area (TPSA) is 38.7 Å². The minimum Gasteiger partial charge on any atom is -0.253 e. The van der Waals surface area contributed by atoms with Crippen molar-refractivity contribution in [1.82, 2.24) is 15.0 Å². The van der Waals surface area contributed by atoms with E-state index < -0.39 is 0 Å². The van der Waals surface area contributed by atoms with E-state index in [2.05, 4.69) is 28.8 Å². The van der Waals surface area contributed by atoms with Crippen molar-refractivity contribution in [2.24, 2.45) is 5.92 Å². The van der Waals surface area contributed by atoms with Crippen LogP contribution in [-0.2, 0) is 6.42 Å². The van der Waals surface area contributed by atoms with E-state index in [0.717, 1.165) is 23.4 Å². The van der Waals surface area contributed by atoms with Crippen LogP contribution in [0.3, 0.4) is 0 Å². The van der Waals surface area contributed by atoms with Crippen LogP contribution in [0.1, 0.15) is 25.1 Å². The van der Waals surface area contributed by atoms with Gasteiger partial charge in [0.25, 0.3) is 0 Å². The van der Waals surface area contributed by atoms with Crippen LogP contribution in [0.15, 0.2) is 24.4 Å². The lowest BCUT2D eigenvalue weighted by molar-refractivity contribution is 0.634. The van der Waals surface area contributed by atoms with Crippen LogP contribution in [0.2, 0.25) is 5.15 Å². The summed E-state index contributed by atoms with van der Waals surface area (Å²) in [5.41, 5.74) is 2.81. The smallest absolute Gasteiger partial charge is 0.180 e. The van der Waals surface area contributed by atoms with Crippen LogP contribution >= 0.6 is 11.6 Å². The van der Waals surface area contributed by atoms with Crippen molar-refractivity contribution in [1.29, 1.82) is 0 Å². The molecule has 3 nitrogen and oxygen atoms in total. The molecular weight excluding hydrogens is 246 g/mol. The molecule has 0 fully saturated rings. The Balaban J connectivity index is 2.45. The molecule has 0 amide bonds. The van der Waals surface area contributed by atoms with Gasteiger partial charge in [0.1, 0.15) is 10.8 Å². The Morgan fingerprint density at radius 2 is 2.06 bits per heavy atom. The van der Waals surface area contributed by atoms with Gasteiger partial charge in [0.2, 0.25) is 0 Å². The van der Waals surface area contributed by atoms with Crippen molar-refractivity contribution in [2.45, 2.75) is 27.2 Å². The lowest BCUT2D eigenvalue weighted by Crippen LogP contribution is -2.02. The van der Waals surface area contributed by atoms with Crippen molar-refractivity contribution in [2.75, 3.05) is 0 Å². The summed E-state index contributed by atoms with van der Waals surface area (Å²) in [5.74, 6) is 1.14. The van der Waals surface area contributed by atoms with Gasteiger partial charge in [0.05, 0.1) is 0 Å². The second kappa shape index (κ2) is 5.44. The third-order valence-electron chi connectivity index (χ3n) is 2.59. The van der Waals surface area contributed by atoms with Crippen molar-refractivity contribution >= 4 is 11.6 Å². The van der Waals surface area contributed by atoms with Crippen LogP contribution in [-0.4, -0.2) is 15.0 Å². The highest BCUT2D eigenvalue weighted by Crippen LogP contribution is 2.20. The number of hydrogen-bond acceptors (Lipinski definition) is 3. The lowest BCUT2D eigenvalue weighted by Gasteiger charge is -2.08. The van der Waals surface area contributed by atoms with E-state index in [0.29, 0.717) is 16.9 Å². The molecule has 4 heteroatoms. The SMILES string of the molecule is Cc1cccnc1-c1nc(Cl)cc(CC(C)C)n1. The molecule has 2 aromatic rings. The molecule has 0 aliphatic carbocycles. The van der Waals surface area contributed by atoms with Gasteiger partial charge in [0.15, 0.2) is 5.82 Å². The number of rotatable bonds is 3. The van der Waals surface area contributed by atoms with Gasteiger partial charge in [-0.3, -0.25) is 4.98 Å². The van der Waals surface area contributed by atoms with E-state index in [-0.39, 0.29) is 0 Å². The molecule has 0 aliphatic heterocycles. The lowest BCUT2D eigenvalue weighted by atomic mass is 10.1. The number of hydrogen-bond donors (Lipinski definition) is 0. The number of halogens is 1. The van der Waals surface area contributed by atoms with E-state index in [1.165, 1.54) is 0 Å². The maximum absolute atomic E-state index is 6.06. The predicted octanol–water partition coefficient (Wildman–Crippen LogP) is 3.70. The average Bonchev–Trinajstić information content (AvgIpc) is 2.27. The molecular formula is C14H16ClN3. The Labute approximate surface area is 112 Å². The van der Waals surface area contributed by atoms with Crippen LogP contribution in [0.4, 0.5) is 0 Å². The number of nitrogens with zero attached hydrogens (tertiary/aromatic N) is 3. The predicted molar refractivity (Wildman–Crippen MR) is 73.6 cm³/mol. The highest BCUT2D eigenvalue weighted by atomic mass is 35.5. The largest absolute Gasteiger partial charge is 0.253 e. The first-order chi connectivity index (χ1) is 8.56. The van der Waals surface area contributed by atoms with Crippen molar-refractivity contribution < 1.29 is 0 Å². The molecule has 0 N–H and O–H groups in total. The first kappa shape index (κ1) is 13.0. The second-order valence-electron chi connectivity index (χ2n) is 4.77. The normalized spacial score (nSPS) is 10.9. The first-order valence-corrected chi connectivity index (χ1v) is 6.39. The molecule has 2 heterocycles. The molecule has 2 aromatic heterocycles. The van der Waals surface area contributed by atoms with Gasteiger partial charge in [-0.25, -0.2) is 9.97 Å². The second-order valence-corrected chi connectivity index (χ2v) is 5.16. The maximum Gasteiger partial charge on any atom is 0.180 e. The fraction of sp³-hybridized carbons (Fsp3) is 0.357. The Hall–Kier alpha value is -1.48. The van der Waals surface area contributed by atoms with Gasteiger partial charge < -0.3 is 0 Å². The van der Waals surface area contributed by atoms with Crippen molar-refractivity contribution in [3.63, 3.8) is 0 Å². The molecule has 0 spiro atoms. The fourth-order valence-electron chi connectivity index (χ4n) is 1.81. The van der Waals surface area contributed by atoms with Gasteiger partial charge in [-0.2, -0.15) is 0 Å². The number of pyridine rings is 1. The van der Waals surface area contributed by atoms with E-state index >= 15 is 0 Å². The quantitative estimate of drug-likeness (QED) is 0.791. The summed E-state index contributed by atoms with van der Waals surface area (Å²) in [6, 6.07) is 5.72. The summed E-state index contributed by atoms with van der Waals surface area (Å²) in [4.78, 5) is 13.1. The van der Waals surface area contributed by atoms with Gasteiger partial charge in [-0.15, -0.1) is 0 Å². The third kappa shape index (κ3) is 3.05. The number of aryl methyl sites for hydroxylation is 1. The van der Waals surface area contributed by atoms with Crippen molar-refractivity contribution in [3.05, 3.63) is 40.8 Å². The molecule has 94 valence electrons. The Bertz CT molecular complexity index is 552. The summed E-state index contributed by atoms with van der Waals surface area (Å²) in [7, 11) is 0. The summed E-state index contributed by atoms with van der Waals surface area (Å²) in [6.45, 7) is 6.30. The van der Waals surface area contributed by atoms with Crippen LogP contribution < -0.4 is 0 Å². The molecule has 18 heavy (non-hydrogen) atoms. The fourth-order valence-corrected chi connectivity index (χ4v) is 2.02. The summed E-state index contributed by atoms with van der Waals surface area (Å²) in [5, 5.41) is 0.473. The molecule has 2 rings (SSSR count). The summed E-state index contributed by atoms with van der Waals surface area (Å²) in [6.07, 6.45) is 2.63. The third-order valence-corrected chi connectivity index (χ3v) is 2.78. The Morgan fingerprint density at radius 3 is 2.72 bits per heavy atom. The minimum atomic E-state index is 0.473. The monoisotopic (exact) mass is 261 g/mol. The first-order valence-electron chi connectivity index (χ1n) is 6.01. The standard InChI is InChI=1S/C14H16ClN3/c1-9(2)7-11-8-12(15)18-14(17-11)13-10(3)5-4-6-16-13/h4-6,8-9H,7H2,1-3H3. The molecule has 0 saturated carbocycles. The van der Waals surface area contributed by atoms with Gasteiger partial charge in [-0.1, -0.05) is 31.5 Å². The molecule has 0 saturated heterocycles. The van der Waals surface area contributed by atoms with Gasteiger partial charge in [-0.05, 0) is 37.0 Å². The molecule has 0 unspecified atom stereocenters. The molecule has 0 atom stereocenters. The van der Waals surface area contributed by atoms with E-state index in [9.17, 15) is 0 Å². The summed E-state index contributed by atoms with van der Waals surface area (Å²) < 4.78 is 0. The summed E-state index contributed by atoms with van der Waals surface area (Å²) >= 11 is 6.06. The molecule has 0 bridgehead atoms. The number of aromatic nitrogens is 3. The highest BCUT2D eigenvalue weighted by Gasteiger charge is 2.10. The minimum absolute atomic E-state index is 0.473. The van der Waals surface area contributed by atoms with Gasteiger partial charge >= 0.3 is 0 Å². The van der Waals surface area contributed by atoms with E-state index in [4.69, 9.17) is 11.6 Å². The van der Waals surface area contributed by atoms with Gasteiger partial charge in [0, 0.05) is 11.9 Å². The molecule has 0 aliphatic rings.